The lowest BCUT2D eigenvalue weighted by Crippen LogP contribution is -2.06. The third-order valence-electron chi connectivity index (χ3n) is 4.08. The number of anilines is 1. The summed E-state index contributed by atoms with van der Waals surface area (Å²) < 4.78 is 29.7. The number of aryl methyl sites for hydroxylation is 2. The van der Waals surface area contributed by atoms with Gasteiger partial charge in [0.2, 0.25) is 0 Å². The first-order valence-electron chi connectivity index (χ1n) is 8.13. The molecule has 0 atom stereocenters. The molecule has 0 radical (unpaired) electrons. The summed E-state index contributed by atoms with van der Waals surface area (Å²) in [6.45, 7) is 4.00. The van der Waals surface area contributed by atoms with Crippen molar-refractivity contribution in [3.63, 3.8) is 0 Å². The summed E-state index contributed by atoms with van der Waals surface area (Å²) in [7, 11) is 1.55. The van der Waals surface area contributed by atoms with Crippen LogP contribution in [0.4, 0.5) is 10.2 Å². The van der Waals surface area contributed by atoms with Crippen LogP contribution >= 0.6 is 0 Å². The molecule has 2 heterocycles. The van der Waals surface area contributed by atoms with Crippen LogP contribution in [0.2, 0.25) is 0 Å². The Hall–Kier alpha value is -3.09. The van der Waals surface area contributed by atoms with Gasteiger partial charge in [-0.25, -0.2) is 9.37 Å². The minimum absolute atomic E-state index is 0.284. The second-order valence-corrected chi connectivity index (χ2v) is 5.86. The number of pyridine rings is 1. The van der Waals surface area contributed by atoms with E-state index in [0.29, 0.717) is 30.3 Å². The molecule has 0 aliphatic carbocycles. The fourth-order valence-electron chi connectivity index (χ4n) is 2.82. The maximum atomic E-state index is 13.4. The normalized spacial score (nSPS) is 10.8. The van der Waals surface area contributed by atoms with E-state index in [-0.39, 0.29) is 11.6 Å². The van der Waals surface area contributed by atoms with E-state index in [9.17, 15) is 4.39 Å². The highest BCUT2D eigenvalue weighted by Crippen LogP contribution is 2.31. The van der Waals surface area contributed by atoms with Crippen LogP contribution in [0.3, 0.4) is 0 Å². The Bertz CT molecular complexity index is 905. The van der Waals surface area contributed by atoms with Gasteiger partial charge >= 0.3 is 0 Å². The maximum Gasteiger partial charge on any atom is 0.166 e. The molecule has 26 heavy (non-hydrogen) atoms. The number of nitrogen functional groups attached to an aromatic ring is 1. The largest absolute Gasteiger partial charge is 0.496 e. The molecular weight excluding hydrogens is 337 g/mol. The van der Waals surface area contributed by atoms with E-state index in [1.54, 1.807) is 25.4 Å². The van der Waals surface area contributed by atoms with Gasteiger partial charge in [-0.2, -0.15) is 0 Å². The van der Waals surface area contributed by atoms with E-state index >= 15 is 0 Å². The molecule has 0 aliphatic heterocycles. The number of halogens is 1. The Morgan fingerprint density at radius 2 is 2.00 bits per heavy atom. The summed E-state index contributed by atoms with van der Waals surface area (Å²) >= 11 is 0. The highest BCUT2D eigenvalue weighted by Gasteiger charge is 2.14. The zero-order valence-electron chi connectivity index (χ0n) is 14.9. The van der Waals surface area contributed by atoms with Crippen LogP contribution in [0.25, 0.3) is 11.1 Å². The number of benzene rings is 1. The van der Waals surface area contributed by atoms with Crippen molar-refractivity contribution < 1.29 is 18.4 Å². The van der Waals surface area contributed by atoms with Crippen molar-refractivity contribution in [1.29, 1.82) is 0 Å². The van der Waals surface area contributed by atoms with Gasteiger partial charge in [-0.05, 0) is 38.1 Å². The lowest BCUT2D eigenvalue weighted by molar-refractivity contribution is 0.319. The van der Waals surface area contributed by atoms with Gasteiger partial charge < -0.3 is 19.7 Å². The topological polar surface area (TPSA) is 83.4 Å². The predicted molar refractivity (Wildman–Crippen MR) is 95.8 cm³/mol. The molecule has 2 N–H and O–H groups in total. The van der Waals surface area contributed by atoms with Gasteiger partial charge in [-0.1, -0.05) is 5.16 Å². The van der Waals surface area contributed by atoms with Gasteiger partial charge in [0.15, 0.2) is 11.6 Å². The summed E-state index contributed by atoms with van der Waals surface area (Å²) in [4.78, 5) is 4.19. The van der Waals surface area contributed by atoms with E-state index in [2.05, 4.69) is 10.1 Å². The van der Waals surface area contributed by atoms with Crippen LogP contribution < -0.4 is 15.2 Å². The Morgan fingerprint density at radius 3 is 2.69 bits per heavy atom. The van der Waals surface area contributed by atoms with E-state index < -0.39 is 0 Å². The quantitative estimate of drug-likeness (QED) is 0.724. The van der Waals surface area contributed by atoms with Crippen LogP contribution in [0.1, 0.15) is 17.0 Å². The minimum Gasteiger partial charge on any atom is -0.496 e. The van der Waals surface area contributed by atoms with Gasteiger partial charge in [-0.3, -0.25) is 0 Å². The zero-order chi connectivity index (χ0) is 18.7. The maximum absolute atomic E-state index is 13.4. The Morgan fingerprint density at radius 1 is 1.19 bits per heavy atom. The monoisotopic (exact) mass is 357 g/mol. The summed E-state index contributed by atoms with van der Waals surface area (Å²) in [6.07, 6.45) is 2.13. The first-order valence-corrected chi connectivity index (χ1v) is 8.13. The molecule has 0 amide bonds. The molecule has 1 aromatic carbocycles. The van der Waals surface area contributed by atoms with Crippen molar-refractivity contribution in [2.24, 2.45) is 0 Å². The van der Waals surface area contributed by atoms with Crippen molar-refractivity contribution >= 4 is 5.82 Å². The van der Waals surface area contributed by atoms with Crippen LogP contribution in [0, 0.1) is 19.7 Å². The first kappa shape index (κ1) is 17.7. The van der Waals surface area contributed by atoms with Gasteiger partial charge in [0.05, 0.1) is 19.4 Å². The molecule has 0 spiro atoms. The lowest BCUT2D eigenvalue weighted by Gasteiger charge is -2.12. The molecule has 0 saturated heterocycles. The Balaban J connectivity index is 1.77. The summed E-state index contributed by atoms with van der Waals surface area (Å²) in [5.74, 6) is 1.74. The zero-order valence-corrected chi connectivity index (χ0v) is 14.9. The molecule has 0 saturated carbocycles. The average molecular weight is 357 g/mol. The number of aromatic nitrogens is 2. The van der Waals surface area contributed by atoms with Gasteiger partial charge in [0, 0.05) is 29.3 Å². The fraction of sp³-hybridized carbons (Fsp3) is 0.263. The van der Waals surface area contributed by atoms with E-state index in [0.717, 1.165) is 22.4 Å². The number of nitrogens with two attached hydrogens (primary N) is 1. The smallest absolute Gasteiger partial charge is 0.166 e. The molecule has 0 aliphatic rings. The average Bonchev–Trinajstić information content (AvgIpc) is 2.95. The van der Waals surface area contributed by atoms with Crippen LogP contribution in [0.15, 0.2) is 35.0 Å². The third-order valence-corrected chi connectivity index (χ3v) is 4.08. The molecule has 7 heteroatoms. The van der Waals surface area contributed by atoms with E-state index in [1.165, 1.54) is 12.1 Å². The van der Waals surface area contributed by atoms with Crippen LogP contribution in [-0.4, -0.2) is 23.9 Å². The molecule has 3 aromatic rings. The predicted octanol–water partition coefficient (Wildman–Crippen LogP) is 3.70. The SMILES string of the molecule is COc1ccc(F)cc1CCOc1cc(-c2c(C)noc2C)cnc1N. The van der Waals surface area contributed by atoms with Crippen LogP contribution in [0.5, 0.6) is 11.5 Å². The second kappa shape index (κ2) is 7.43. The fourth-order valence-corrected chi connectivity index (χ4v) is 2.82. The van der Waals surface area contributed by atoms with Crippen molar-refractivity contribution in [1.82, 2.24) is 10.1 Å². The standard InChI is InChI=1S/C19H20FN3O3/c1-11-18(12(2)26-23-11)14-9-17(19(21)22-10-14)25-7-6-13-8-15(20)4-5-16(13)24-3/h4-5,8-10H,6-7H2,1-3H3,(H2,21,22). The molecule has 0 unspecified atom stereocenters. The minimum atomic E-state index is -0.317. The van der Waals surface area contributed by atoms with E-state index in [1.807, 2.05) is 13.8 Å². The number of hydrogen-bond donors (Lipinski definition) is 1. The van der Waals surface area contributed by atoms with Gasteiger partial charge in [0.25, 0.3) is 0 Å². The summed E-state index contributed by atoms with van der Waals surface area (Å²) in [6, 6.07) is 6.19. The first-order chi connectivity index (χ1) is 12.5. The molecule has 6 nitrogen and oxygen atoms in total. The van der Waals surface area contributed by atoms with Crippen molar-refractivity contribution in [2.45, 2.75) is 20.3 Å². The van der Waals surface area contributed by atoms with Gasteiger partial charge in [-0.15, -0.1) is 0 Å². The lowest BCUT2D eigenvalue weighted by atomic mass is 10.1. The highest BCUT2D eigenvalue weighted by atomic mass is 19.1. The van der Waals surface area contributed by atoms with Crippen LogP contribution in [-0.2, 0) is 6.42 Å². The number of methoxy groups -OCH3 is 1. The van der Waals surface area contributed by atoms with Crippen molar-refractivity contribution in [3.05, 3.63) is 53.3 Å². The molecular formula is C19H20FN3O3. The molecule has 136 valence electrons. The number of rotatable bonds is 6. The number of hydrogen-bond acceptors (Lipinski definition) is 6. The molecule has 3 rings (SSSR count). The number of nitrogens with zero attached hydrogens (tertiary/aromatic N) is 2. The summed E-state index contributed by atoms with van der Waals surface area (Å²) in [5.41, 5.74) is 9.09. The van der Waals surface area contributed by atoms with Gasteiger partial charge in [0.1, 0.15) is 17.3 Å². The molecule has 0 fully saturated rings. The van der Waals surface area contributed by atoms with Crippen molar-refractivity contribution in [3.8, 4) is 22.6 Å². The molecule has 0 bridgehead atoms. The summed E-state index contributed by atoms with van der Waals surface area (Å²) in [5, 5.41) is 3.95. The van der Waals surface area contributed by atoms with E-state index in [4.69, 9.17) is 19.7 Å². The highest BCUT2D eigenvalue weighted by molar-refractivity contribution is 5.70. The Kier molecular flexibility index (Phi) is 5.06. The second-order valence-electron chi connectivity index (χ2n) is 5.86. The number of ether oxygens (including phenoxy) is 2. The van der Waals surface area contributed by atoms with Crippen molar-refractivity contribution in [2.75, 3.05) is 19.5 Å². The Labute approximate surface area is 150 Å². The third kappa shape index (κ3) is 3.61. The molecule has 2 aromatic heterocycles.